The van der Waals surface area contributed by atoms with Crippen molar-refractivity contribution >= 4 is 5.82 Å². The number of rotatable bonds is 4. The quantitative estimate of drug-likeness (QED) is 0.878. The highest BCUT2D eigenvalue weighted by Gasteiger charge is 2.05. The van der Waals surface area contributed by atoms with E-state index in [-0.39, 0.29) is 0 Å². The summed E-state index contributed by atoms with van der Waals surface area (Å²) < 4.78 is 7.11. The highest BCUT2D eigenvalue weighted by Crippen LogP contribution is 2.19. The molecule has 0 bridgehead atoms. The van der Waals surface area contributed by atoms with E-state index >= 15 is 0 Å². The fraction of sp³-hybridized carbons (Fsp3) is 0.308. The van der Waals surface area contributed by atoms with Crippen molar-refractivity contribution < 1.29 is 4.74 Å². The molecule has 17 heavy (non-hydrogen) atoms. The van der Waals surface area contributed by atoms with Crippen molar-refractivity contribution in [1.29, 1.82) is 0 Å². The van der Waals surface area contributed by atoms with E-state index in [0.717, 1.165) is 22.7 Å². The molecule has 1 N–H and O–H groups in total. The van der Waals surface area contributed by atoms with Crippen LogP contribution in [0, 0.1) is 6.92 Å². The number of nitrogens with zero attached hydrogens (tertiary/aromatic N) is 2. The molecule has 0 aliphatic carbocycles. The van der Waals surface area contributed by atoms with E-state index in [4.69, 9.17) is 4.74 Å². The minimum atomic E-state index is 0.710. The van der Waals surface area contributed by atoms with Gasteiger partial charge in [-0.05, 0) is 13.0 Å². The van der Waals surface area contributed by atoms with Crippen LogP contribution in [-0.2, 0) is 13.6 Å². The molecular weight excluding hydrogens is 214 g/mol. The zero-order valence-corrected chi connectivity index (χ0v) is 10.4. The molecule has 0 amide bonds. The van der Waals surface area contributed by atoms with E-state index in [0.29, 0.717) is 6.54 Å². The van der Waals surface area contributed by atoms with E-state index in [1.54, 1.807) is 11.8 Å². The Bertz CT molecular complexity index is 505. The molecule has 0 aliphatic rings. The van der Waals surface area contributed by atoms with Gasteiger partial charge in [-0.2, -0.15) is 5.10 Å². The smallest absolute Gasteiger partial charge is 0.151 e. The fourth-order valence-corrected chi connectivity index (χ4v) is 1.81. The molecule has 0 spiro atoms. The van der Waals surface area contributed by atoms with E-state index in [1.807, 2.05) is 44.4 Å². The number of para-hydroxylation sites is 1. The maximum absolute atomic E-state index is 5.30. The van der Waals surface area contributed by atoms with E-state index < -0.39 is 0 Å². The molecule has 0 atom stereocenters. The van der Waals surface area contributed by atoms with Crippen LogP contribution in [0.4, 0.5) is 5.82 Å². The molecule has 4 nitrogen and oxygen atoms in total. The summed E-state index contributed by atoms with van der Waals surface area (Å²) in [6, 6.07) is 7.98. The second kappa shape index (κ2) is 4.91. The number of nitrogens with one attached hydrogen (secondary N) is 1. The van der Waals surface area contributed by atoms with Gasteiger partial charge in [-0.25, -0.2) is 0 Å². The molecule has 0 saturated carbocycles. The van der Waals surface area contributed by atoms with Gasteiger partial charge in [0.2, 0.25) is 0 Å². The van der Waals surface area contributed by atoms with Crippen molar-refractivity contribution in [2.75, 3.05) is 12.4 Å². The molecule has 1 aromatic heterocycles. The first-order valence-electron chi connectivity index (χ1n) is 5.56. The monoisotopic (exact) mass is 231 g/mol. The SMILES string of the molecule is COc1ccccc1CNc1nn(C)cc1C. The average molecular weight is 231 g/mol. The first kappa shape index (κ1) is 11.5. The molecule has 2 aromatic rings. The third-order valence-electron chi connectivity index (χ3n) is 2.65. The minimum Gasteiger partial charge on any atom is -0.496 e. The van der Waals surface area contributed by atoms with E-state index in [2.05, 4.69) is 10.4 Å². The topological polar surface area (TPSA) is 39.1 Å². The molecule has 90 valence electrons. The number of aromatic nitrogens is 2. The predicted molar refractivity (Wildman–Crippen MR) is 68.3 cm³/mol. The summed E-state index contributed by atoms with van der Waals surface area (Å²) in [5.41, 5.74) is 2.27. The summed E-state index contributed by atoms with van der Waals surface area (Å²) in [6.07, 6.45) is 1.99. The molecule has 0 radical (unpaired) electrons. The largest absolute Gasteiger partial charge is 0.496 e. The van der Waals surface area contributed by atoms with Crippen molar-refractivity contribution in [2.24, 2.45) is 7.05 Å². The van der Waals surface area contributed by atoms with Crippen LogP contribution in [-0.4, -0.2) is 16.9 Å². The van der Waals surface area contributed by atoms with Gasteiger partial charge in [0.15, 0.2) is 5.82 Å². The minimum absolute atomic E-state index is 0.710. The van der Waals surface area contributed by atoms with Crippen LogP contribution in [0.25, 0.3) is 0 Å². The number of hydrogen-bond acceptors (Lipinski definition) is 3. The summed E-state index contributed by atoms with van der Waals surface area (Å²) in [7, 11) is 3.60. The Balaban J connectivity index is 2.09. The molecule has 1 aromatic carbocycles. The number of benzene rings is 1. The average Bonchev–Trinajstić information content (AvgIpc) is 2.65. The fourth-order valence-electron chi connectivity index (χ4n) is 1.81. The predicted octanol–water partition coefficient (Wildman–Crippen LogP) is 2.35. The second-order valence-corrected chi connectivity index (χ2v) is 4.00. The zero-order valence-electron chi connectivity index (χ0n) is 10.4. The van der Waals surface area contributed by atoms with E-state index in [1.165, 1.54) is 0 Å². The highest BCUT2D eigenvalue weighted by molar-refractivity contribution is 5.44. The molecule has 0 fully saturated rings. The van der Waals surface area contributed by atoms with Crippen molar-refractivity contribution in [3.05, 3.63) is 41.6 Å². The Morgan fingerprint density at radius 3 is 2.76 bits per heavy atom. The first-order valence-corrected chi connectivity index (χ1v) is 5.56. The molecule has 0 unspecified atom stereocenters. The standard InChI is InChI=1S/C13H17N3O/c1-10-9-16(2)15-13(10)14-8-11-6-4-5-7-12(11)17-3/h4-7,9H,8H2,1-3H3,(H,14,15). The van der Waals surface area contributed by atoms with Crippen molar-refractivity contribution in [3.8, 4) is 5.75 Å². The van der Waals surface area contributed by atoms with Gasteiger partial charge in [-0.1, -0.05) is 18.2 Å². The van der Waals surface area contributed by atoms with Crippen LogP contribution in [0.15, 0.2) is 30.5 Å². The Morgan fingerprint density at radius 2 is 2.12 bits per heavy atom. The third kappa shape index (κ3) is 2.58. The lowest BCUT2D eigenvalue weighted by Gasteiger charge is -2.09. The van der Waals surface area contributed by atoms with Gasteiger partial charge in [0.05, 0.1) is 7.11 Å². The van der Waals surface area contributed by atoms with Crippen LogP contribution in [0.5, 0.6) is 5.75 Å². The summed E-state index contributed by atoms with van der Waals surface area (Å²) in [4.78, 5) is 0. The zero-order chi connectivity index (χ0) is 12.3. The third-order valence-corrected chi connectivity index (χ3v) is 2.65. The Hall–Kier alpha value is -1.97. The van der Waals surface area contributed by atoms with Crippen LogP contribution >= 0.6 is 0 Å². The number of ether oxygens (including phenoxy) is 1. The van der Waals surface area contributed by atoms with Crippen molar-refractivity contribution in [1.82, 2.24) is 9.78 Å². The maximum atomic E-state index is 5.30. The van der Waals surface area contributed by atoms with Gasteiger partial charge < -0.3 is 10.1 Å². The second-order valence-electron chi connectivity index (χ2n) is 4.00. The first-order chi connectivity index (χ1) is 8.20. The molecule has 4 heteroatoms. The number of hydrogen-bond donors (Lipinski definition) is 1. The lowest BCUT2D eigenvalue weighted by Crippen LogP contribution is -2.03. The maximum Gasteiger partial charge on any atom is 0.151 e. The van der Waals surface area contributed by atoms with Gasteiger partial charge >= 0.3 is 0 Å². The molecular formula is C13H17N3O. The normalized spacial score (nSPS) is 10.3. The van der Waals surface area contributed by atoms with E-state index in [9.17, 15) is 0 Å². The van der Waals surface area contributed by atoms with Crippen LogP contribution in [0.3, 0.4) is 0 Å². The summed E-state index contributed by atoms with van der Waals surface area (Å²) in [5, 5.41) is 7.66. The Kier molecular flexibility index (Phi) is 3.32. The number of anilines is 1. The molecule has 2 rings (SSSR count). The molecule has 1 heterocycles. The van der Waals surface area contributed by atoms with Gasteiger partial charge in [0, 0.05) is 30.9 Å². The lowest BCUT2D eigenvalue weighted by molar-refractivity contribution is 0.410. The summed E-state index contributed by atoms with van der Waals surface area (Å²) >= 11 is 0. The van der Waals surface area contributed by atoms with Gasteiger partial charge in [-0.3, -0.25) is 4.68 Å². The Morgan fingerprint density at radius 1 is 1.35 bits per heavy atom. The van der Waals surface area contributed by atoms with Gasteiger partial charge in [0.1, 0.15) is 5.75 Å². The number of aryl methyl sites for hydroxylation is 2. The summed E-state index contributed by atoms with van der Waals surface area (Å²) in [5.74, 6) is 1.81. The van der Waals surface area contributed by atoms with Crippen LogP contribution < -0.4 is 10.1 Å². The number of methoxy groups -OCH3 is 1. The van der Waals surface area contributed by atoms with Crippen LogP contribution in [0.1, 0.15) is 11.1 Å². The highest BCUT2D eigenvalue weighted by atomic mass is 16.5. The Labute approximate surface area is 101 Å². The van der Waals surface area contributed by atoms with Crippen molar-refractivity contribution in [3.63, 3.8) is 0 Å². The summed E-state index contributed by atoms with van der Waals surface area (Å²) in [6.45, 7) is 2.75. The van der Waals surface area contributed by atoms with Gasteiger partial charge in [0.25, 0.3) is 0 Å². The lowest BCUT2D eigenvalue weighted by atomic mass is 10.2. The van der Waals surface area contributed by atoms with Crippen LogP contribution in [0.2, 0.25) is 0 Å². The van der Waals surface area contributed by atoms with Gasteiger partial charge in [-0.15, -0.1) is 0 Å². The molecule has 0 aliphatic heterocycles. The molecule has 0 saturated heterocycles. The van der Waals surface area contributed by atoms with Crippen molar-refractivity contribution in [2.45, 2.75) is 13.5 Å².